The van der Waals surface area contributed by atoms with Crippen molar-refractivity contribution < 1.29 is 4.79 Å². The molecule has 1 aromatic heterocycles. The molecule has 2 rings (SSSR count). The van der Waals surface area contributed by atoms with Crippen molar-refractivity contribution in [3.63, 3.8) is 0 Å². The summed E-state index contributed by atoms with van der Waals surface area (Å²) in [7, 11) is 0. The number of aryl methyl sites for hydroxylation is 1. The Morgan fingerprint density at radius 2 is 2.31 bits per heavy atom. The van der Waals surface area contributed by atoms with Gasteiger partial charge in [-0.05, 0) is 26.2 Å². The smallest absolute Gasteiger partial charge is 0.240 e. The SMILES string of the molecule is Cc1nc(N2CCCCC2C(N)=O)c(N)[nH]1. The molecule has 16 heavy (non-hydrogen) atoms. The van der Waals surface area contributed by atoms with E-state index in [9.17, 15) is 4.79 Å². The van der Waals surface area contributed by atoms with Crippen LogP contribution in [-0.4, -0.2) is 28.5 Å². The van der Waals surface area contributed by atoms with E-state index in [0.29, 0.717) is 11.6 Å². The molecule has 0 saturated carbocycles. The number of hydrogen-bond donors (Lipinski definition) is 3. The Balaban J connectivity index is 2.29. The number of primary amides is 1. The molecule has 2 heterocycles. The van der Waals surface area contributed by atoms with Gasteiger partial charge in [0.1, 0.15) is 17.7 Å². The van der Waals surface area contributed by atoms with E-state index in [1.165, 1.54) is 0 Å². The molecule has 1 amide bonds. The third-order valence-corrected chi connectivity index (χ3v) is 2.93. The first-order valence-electron chi connectivity index (χ1n) is 5.47. The number of imidazole rings is 1. The highest BCUT2D eigenvalue weighted by Crippen LogP contribution is 2.27. The van der Waals surface area contributed by atoms with Gasteiger partial charge in [-0.3, -0.25) is 4.79 Å². The Kier molecular flexibility index (Phi) is 2.72. The highest BCUT2D eigenvalue weighted by atomic mass is 16.1. The van der Waals surface area contributed by atoms with Crippen LogP contribution in [0.3, 0.4) is 0 Å². The minimum absolute atomic E-state index is 0.279. The van der Waals surface area contributed by atoms with Crippen LogP contribution < -0.4 is 16.4 Å². The standard InChI is InChI=1S/C10H17N5O/c1-6-13-8(11)10(14-6)15-5-3-2-4-7(15)9(12)16/h7H,2-5,11H2,1H3,(H2,12,16)(H,13,14). The summed E-state index contributed by atoms with van der Waals surface area (Å²) in [6.45, 7) is 2.62. The molecule has 1 aromatic rings. The molecule has 1 aliphatic heterocycles. The number of aromatic amines is 1. The normalized spacial score (nSPS) is 21.1. The van der Waals surface area contributed by atoms with Crippen LogP contribution >= 0.6 is 0 Å². The Morgan fingerprint density at radius 3 is 2.88 bits per heavy atom. The molecule has 1 atom stereocenters. The summed E-state index contributed by atoms with van der Waals surface area (Å²) in [6.07, 6.45) is 2.84. The van der Waals surface area contributed by atoms with Gasteiger partial charge in [0.05, 0.1) is 0 Å². The maximum absolute atomic E-state index is 11.4. The molecule has 0 spiro atoms. The highest BCUT2D eigenvalue weighted by Gasteiger charge is 2.29. The molecular formula is C10H17N5O. The topological polar surface area (TPSA) is 101 Å². The number of carbonyl (C=O) groups is 1. The number of rotatable bonds is 2. The van der Waals surface area contributed by atoms with Gasteiger partial charge in [-0.2, -0.15) is 0 Å². The molecule has 6 nitrogen and oxygen atoms in total. The number of anilines is 2. The average molecular weight is 223 g/mol. The molecule has 1 aliphatic rings. The summed E-state index contributed by atoms with van der Waals surface area (Å²) in [4.78, 5) is 20.5. The van der Waals surface area contributed by atoms with E-state index < -0.39 is 0 Å². The lowest BCUT2D eigenvalue weighted by atomic mass is 10.0. The lowest BCUT2D eigenvalue weighted by Crippen LogP contribution is -2.48. The van der Waals surface area contributed by atoms with Gasteiger partial charge in [0.25, 0.3) is 0 Å². The van der Waals surface area contributed by atoms with Crippen molar-refractivity contribution in [1.29, 1.82) is 0 Å². The molecule has 6 heteroatoms. The Hall–Kier alpha value is -1.72. The van der Waals surface area contributed by atoms with Crippen LogP contribution in [0.15, 0.2) is 0 Å². The van der Waals surface area contributed by atoms with Crippen molar-refractivity contribution in [3.05, 3.63) is 5.82 Å². The van der Waals surface area contributed by atoms with Gasteiger partial charge in [0.15, 0.2) is 5.82 Å². The van der Waals surface area contributed by atoms with Gasteiger partial charge in [-0.25, -0.2) is 4.98 Å². The van der Waals surface area contributed by atoms with Gasteiger partial charge >= 0.3 is 0 Å². The summed E-state index contributed by atoms with van der Waals surface area (Å²) >= 11 is 0. The fourth-order valence-electron chi connectivity index (χ4n) is 2.20. The Morgan fingerprint density at radius 1 is 1.56 bits per heavy atom. The third kappa shape index (κ3) is 1.82. The first-order valence-corrected chi connectivity index (χ1v) is 5.47. The maximum atomic E-state index is 11.4. The molecule has 5 N–H and O–H groups in total. The number of hydrogen-bond acceptors (Lipinski definition) is 4. The number of piperidine rings is 1. The highest BCUT2D eigenvalue weighted by molar-refractivity contribution is 5.84. The number of carbonyl (C=O) groups excluding carboxylic acids is 1. The second kappa shape index (κ2) is 4.03. The van der Waals surface area contributed by atoms with Crippen LogP contribution in [0, 0.1) is 6.92 Å². The molecule has 0 bridgehead atoms. The van der Waals surface area contributed by atoms with Gasteiger partial charge in [-0.1, -0.05) is 0 Å². The zero-order chi connectivity index (χ0) is 11.7. The molecule has 0 aliphatic carbocycles. The van der Waals surface area contributed by atoms with Crippen LogP contribution in [0.2, 0.25) is 0 Å². The van der Waals surface area contributed by atoms with E-state index in [1.807, 2.05) is 11.8 Å². The van der Waals surface area contributed by atoms with Crippen molar-refractivity contribution in [3.8, 4) is 0 Å². The predicted molar refractivity (Wildman–Crippen MR) is 61.9 cm³/mol. The zero-order valence-electron chi connectivity index (χ0n) is 9.36. The summed E-state index contributed by atoms with van der Waals surface area (Å²) in [5, 5.41) is 0. The molecule has 1 fully saturated rings. The second-order valence-electron chi connectivity index (χ2n) is 4.17. The van der Waals surface area contributed by atoms with Gasteiger partial charge in [0.2, 0.25) is 5.91 Å². The monoisotopic (exact) mass is 223 g/mol. The average Bonchev–Trinajstić information content (AvgIpc) is 2.57. The third-order valence-electron chi connectivity index (χ3n) is 2.93. The largest absolute Gasteiger partial charge is 0.382 e. The molecular weight excluding hydrogens is 206 g/mol. The van der Waals surface area contributed by atoms with Gasteiger partial charge in [-0.15, -0.1) is 0 Å². The fraction of sp³-hybridized carbons (Fsp3) is 0.600. The lowest BCUT2D eigenvalue weighted by Gasteiger charge is -2.34. The first-order chi connectivity index (χ1) is 7.59. The fourth-order valence-corrected chi connectivity index (χ4v) is 2.20. The molecule has 88 valence electrons. The van der Waals surface area contributed by atoms with E-state index >= 15 is 0 Å². The first kappa shape index (κ1) is 10.8. The van der Waals surface area contributed by atoms with E-state index in [4.69, 9.17) is 11.5 Å². The van der Waals surface area contributed by atoms with Crippen molar-refractivity contribution in [1.82, 2.24) is 9.97 Å². The van der Waals surface area contributed by atoms with E-state index in [-0.39, 0.29) is 11.9 Å². The summed E-state index contributed by atoms with van der Waals surface area (Å²) in [6, 6.07) is -0.279. The molecule has 0 radical (unpaired) electrons. The lowest BCUT2D eigenvalue weighted by molar-refractivity contribution is -0.119. The number of aromatic nitrogens is 2. The molecule has 0 aromatic carbocycles. The van der Waals surface area contributed by atoms with E-state index in [2.05, 4.69) is 9.97 Å². The van der Waals surface area contributed by atoms with Crippen LogP contribution in [0.5, 0.6) is 0 Å². The number of nitrogens with one attached hydrogen (secondary N) is 1. The number of amides is 1. The van der Waals surface area contributed by atoms with Crippen LogP contribution in [-0.2, 0) is 4.79 Å². The molecule has 1 unspecified atom stereocenters. The van der Waals surface area contributed by atoms with Crippen molar-refractivity contribution in [2.75, 3.05) is 17.2 Å². The van der Waals surface area contributed by atoms with E-state index in [1.54, 1.807) is 0 Å². The summed E-state index contributed by atoms with van der Waals surface area (Å²) in [5.41, 5.74) is 11.2. The minimum Gasteiger partial charge on any atom is -0.382 e. The van der Waals surface area contributed by atoms with Gasteiger partial charge in [0, 0.05) is 6.54 Å². The van der Waals surface area contributed by atoms with Gasteiger partial charge < -0.3 is 21.4 Å². The van der Waals surface area contributed by atoms with Crippen molar-refractivity contribution in [2.24, 2.45) is 5.73 Å². The quantitative estimate of drug-likeness (QED) is 0.664. The maximum Gasteiger partial charge on any atom is 0.240 e. The number of nitrogens with zero attached hydrogens (tertiary/aromatic N) is 2. The van der Waals surface area contributed by atoms with Crippen molar-refractivity contribution >= 4 is 17.5 Å². The predicted octanol–water partition coefficient (Wildman–Crippen LogP) is 0.145. The number of nitrogens with two attached hydrogens (primary N) is 2. The number of H-pyrrole nitrogens is 1. The number of nitrogen functional groups attached to an aromatic ring is 1. The van der Waals surface area contributed by atoms with Crippen LogP contribution in [0.4, 0.5) is 11.6 Å². The Labute approximate surface area is 94.0 Å². The molecule has 1 saturated heterocycles. The summed E-state index contributed by atoms with van der Waals surface area (Å²) < 4.78 is 0. The summed E-state index contributed by atoms with van der Waals surface area (Å²) in [5.74, 6) is 1.60. The Bertz CT molecular complexity index is 400. The minimum atomic E-state index is -0.306. The zero-order valence-corrected chi connectivity index (χ0v) is 9.36. The van der Waals surface area contributed by atoms with E-state index in [0.717, 1.165) is 31.6 Å². The van der Waals surface area contributed by atoms with Crippen LogP contribution in [0.1, 0.15) is 25.1 Å². The second-order valence-corrected chi connectivity index (χ2v) is 4.17. The van der Waals surface area contributed by atoms with Crippen molar-refractivity contribution in [2.45, 2.75) is 32.2 Å². The van der Waals surface area contributed by atoms with Crippen LogP contribution in [0.25, 0.3) is 0 Å².